The average Bonchev–Trinajstić information content (AvgIpc) is 3.36. The number of carbonyl (C=O) groups excluding carboxylic acids is 2. The lowest BCUT2D eigenvalue weighted by molar-refractivity contribution is -0.118. The molecule has 0 radical (unpaired) electrons. The third kappa shape index (κ3) is 6.57. The van der Waals surface area contributed by atoms with Crippen LogP contribution in [-0.4, -0.2) is 34.7 Å². The van der Waals surface area contributed by atoms with Crippen molar-refractivity contribution in [1.29, 1.82) is 0 Å². The van der Waals surface area contributed by atoms with E-state index in [4.69, 9.17) is 4.74 Å². The molecule has 0 aliphatic heterocycles. The molecule has 1 aliphatic carbocycles. The Kier molecular flexibility index (Phi) is 5.82. The predicted octanol–water partition coefficient (Wildman–Crippen LogP) is 2.90. The first-order chi connectivity index (χ1) is 11.7. The highest BCUT2D eigenvalue weighted by atomic mass is 16.6. The first kappa shape index (κ1) is 19.0. The molecule has 2 N–H and O–H groups in total. The number of nitrogens with zero attached hydrogens (tertiary/aromatic N) is 1. The number of nitrogens with one attached hydrogen (secondary N) is 2. The lowest BCUT2D eigenvalue weighted by Crippen LogP contribution is -2.55. The minimum Gasteiger partial charge on any atom is -0.444 e. The van der Waals surface area contributed by atoms with Crippen molar-refractivity contribution in [2.24, 2.45) is 5.92 Å². The maximum Gasteiger partial charge on any atom is 0.407 e. The molecule has 0 spiro atoms. The molecule has 6 heteroatoms. The Labute approximate surface area is 149 Å². The van der Waals surface area contributed by atoms with Crippen LogP contribution in [0.3, 0.4) is 0 Å². The van der Waals surface area contributed by atoms with E-state index in [0.29, 0.717) is 12.5 Å². The monoisotopic (exact) mass is 345 g/mol. The SMILES string of the molecule is CC(C)(C)OC(=O)NC[C@@](C)(NC(=O)/C=C\c1ccncc1)C1CC1. The summed E-state index contributed by atoms with van der Waals surface area (Å²) >= 11 is 0. The van der Waals surface area contributed by atoms with Crippen molar-refractivity contribution in [3.8, 4) is 0 Å². The van der Waals surface area contributed by atoms with Gasteiger partial charge in [-0.25, -0.2) is 4.79 Å². The summed E-state index contributed by atoms with van der Waals surface area (Å²) in [4.78, 5) is 28.1. The van der Waals surface area contributed by atoms with Gasteiger partial charge >= 0.3 is 6.09 Å². The molecule has 136 valence electrons. The minimum absolute atomic E-state index is 0.183. The molecule has 1 saturated carbocycles. The average molecular weight is 345 g/mol. The Bertz CT molecular complexity index is 633. The summed E-state index contributed by atoms with van der Waals surface area (Å²) in [5.41, 5.74) is -0.127. The molecule has 0 saturated heterocycles. The van der Waals surface area contributed by atoms with Gasteiger partial charge in [-0.2, -0.15) is 0 Å². The molecule has 0 bridgehead atoms. The normalized spacial score (nSPS) is 17.0. The van der Waals surface area contributed by atoms with Crippen LogP contribution in [0.5, 0.6) is 0 Å². The fourth-order valence-electron chi connectivity index (χ4n) is 2.55. The van der Waals surface area contributed by atoms with Crippen LogP contribution in [0.25, 0.3) is 6.08 Å². The summed E-state index contributed by atoms with van der Waals surface area (Å²) < 4.78 is 5.26. The van der Waals surface area contributed by atoms with E-state index in [1.807, 2.05) is 39.8 Å². The first-order valence-electron chi connectivity index (χ1n) is 8.55. The minimum atomic E-state index is -0.545. The van der Waals surface area contributed by atoms with Crippen LogP contribution in [0, 0.1) is 5.92 Å². The Balaban J connectivity index is 1.91. The molecule has 2 amide bonds. The maximum absolute atomic E-state index is 12.3. The third-order valence-electron chi connectivity index (χ3n) is 4.02. The van der Waals surface area contributed by atoms with Gasteiger partial charge in [0.15, 0.2) is 0 Å². The molecule has 6 nitrogen and oxygen atoms in total. The molecular weight excluding hydrogens is 318 g/mol. The summed E-state index contributed by atoms with van der Waals surface area (Å²) in [6.45, 7) is 7.75. The molecule has 1 fully saturated rings. The number of rotatable bonds is 6. The summed E-state index contributed by atoms with van der Waals surface area (Å²) in [5, 5.41) is 5.80. The second kappa shape index (κ2) is 7.68. The van der Waals surface area contributed by atoms with Crippen LogP contribution < -0.4 is 10.6 Å². The van der Waals surface area contributed by atoms with E-state index in [2.05, 4.69) is 15.6 Å². The topological polar surface area (TPSA) is 80.3 Å². The zero-order valence-electron chi connectivity index (χ0n) is 15.3. The van der Waals surface area contributed by atoms with Crippen molar-refractivity contribution >= 4 is 18.1 Å². The van der Waals surface area contributed by atoms with Gasteiger partial charge in [-0.1, -0.05) is 0 Å². The maximum atomic E-state index is 12.3. The van der Waals surface area contributed by atoms with Crippen LogP contribution in [0.2, 0.25) is 0 Å². The van der Waals surface area contributed by atoms with E-state index in [1.165, 1.54) is 6.08 Å². The molecular formula is C19H27N3O3. The summed E-state index contributed by atoms with van der Waals surface area (Å²) in [6, 6.07) is 3.65. The number of aromatic nitrogens is 1. The van der Waals surface area contributed by atoms with Crippen LogP contribution in [0.4, 0.5) is 4.79 Å². The van der Waals surface area contributed by atoms with Gasteiger partial charge in [0.2, 0.25) is 5.91 Å². The number of ether oxygens (including phenoxy) is 1. The summed E-state index contributed by atoms with van der Waals surface area (Å²) in [5.74, 6) is 0.179. The Morgan fingerprint density at radius 1 is 1.24 bits per heavy atom. The van der Waals surface area contributed by atoms with E-state index >= 15 is 0 Å². The van der Waals surface area contributed by atoms with E-state index in [0.717, 1.165) is 18.4 Å². The Morgan fingerprint density at radius 2 is 1.88 bits per heavy atom. The predicted molar refractivity (Wildman–Crippen MR) is 96.8 cm³/mol. The molecule has 1 aromatic rings. The third-order valence-corrected chi connectivity index (χ3v) is 4.02. The van der Waals surface area contributed by atoms with Crippen LogP contribution >= 0.6 is 0 Å². The second-order valence-electron chi connectivity index (χ2n) is 7.65. The van der Waals surface area contributed by atoms with E-state index < -0.39 is 17.2 Å². The van der Waals surface area contributed by atoms with Crippen molar-refractivity contribution < 1.29 is 14.3 Å². The lowest BCUT2D eigenvalue weighted by Gasteiger charge is -2.31. The number of hydrogen-bond donors (Lipinski definition) is 2. The van der Waals surface area contributed by atoms with Crippen molar-refractivity contribution in [3.63, 3.8) is 0 Å². The quantitative estimate of drug-likeness (QED) is 0.777. The van der Waals surface area contributed by atoms with Crippen LogP contribution in [-0.2, 0) is 9.53 Å². The number of hydrogen-bond acceptors (Lipinski definition) is 4. The zero-order chi connectivity index (χ0) is 18.5. The number of carbonyl (C=O) groups is 2. The number of amides is 2. The van der Waals surface area contributed by atoms with E-state index in [9.17, 15) is 9.59 Å². The molecule has 25 heavy (non-hydrogen) atoms. The number of pyridine rings is 1. The molecule has 1 aromatic heterocycles. The van der Waals surface area contributed by atoms with Crippen LogP contribution in [0.15, 0.2) is 30.6 Å². The van der Waals surface area contributed by atoms with E-state index in [-0.39, 0.29) is 5.91 Å². The van der Waals surface area contributed by atoms with E-state index in [1.54, 1.807) is 18.5 Å². The van der Waals surface area contributed by atoms with Gasteiger partial charge in [0.05, 0.1) is 5.54 Å². The summed E-state index contributed by atoms with van der Waals surface area (Å²) in [6.07, 6.45) is 8.21. The van der Waals surface area contributed by atoms with Gasteiger partial charge < -0.3 is 15.4 Å². The highest BCUT2D eigenvalue weighted by Gasteiger charge is 2.42. The van der Waals surface area contributed by atoms with Gasteiger partial charge in [-0.3, -0.25) is 9.78 Å². The second-order valence-corrected chi connectivity index (χ2v) is 7.65. The Hall–Kier alpha value is -2.37. The van der Waals surface area contributed by atoms with Crippen LogP contribution in [0.1, 0.15) is 46.1 Å². The largest absolute Gasteiger partial charge is 0.444 e. The van der Waals surface area contributed by atoms with Crippen molar-refractivity contribution in [2.45, 2.75) is 51.7 Å². The van der Waals surface area contributed by atoms with Gasteiger partial charge in [0, 0.05) is 25.0 Å². The smallest absolute Gasteiger partial charge is 0.407 e. The van der Waals surface area contributed by atoms with Crippen molar-refractivity contribution in [3.05, 3.63) is 36.2 Å². The molecule has 1 atom stereocenters. The van der Waals surface area contributed by atoms with Gasteiger partial charge in [0.1, 0.15) is 5.60 Å². The fraction of sp³-hybridized carbons (Fsp3) is 0.526. The molecule has 0 unspecified atom stereocenters. The zero-order valence-corrected chi connectivity index (χ0v) is 15.3. The standard InChI is InChI=1S/C19H27N3O3/c1-18(2,3)25-17(24)21-13-19(4,15-6-7-15)22-16(23)8-5-14-9-11-20-12-10-14/h5,8-12,15H,6-7,13H2,1-4H3,(H,21,24)(H,22,23)/b8-5-/t19-/m1/s1. The number of alkyl carbamates (subject to hydrolysis) is 1. The first-order valence-corrected chi connectivity index (χ1v) is 8.55. The molecule has 1 heterocycles. The van der Waals surface area contributed by atoms with Gasteiger partial charge in [0.25, 0.3) is 0 Å². The summed E-state index contributed by atoms with van der Waals surface area (Å²) in [7, 11) is 0. The lowest BCUT2D eigenvalue weighted by atomic mass is 9.95. The molecule has 1 aliphatic rings. The molecule has 0 aromatic carbocycles. The highest BCUT2D eigenvalue weighted by Crippen LogP contribution is 2.39. The molecule has 2 rings (SSSR count). The highest BCUT2D eigenvalue weighted by molar-refractivity contribution is 5.92. The fourth-order valence-corrected chi connectivity index (χ4v) is 2.55. The van der Waals surface area contributed by atoms with Crippen molar-refractivity contribution in [1.82, 2.24) is 15.6 Å². The van der Waals surface area contributed by atoms with Gasteiger partial charge in [-0.05, 0) is 70.2 Å². The van der Waals surface area contributed by atoms with Gasteiger partial charge in [-0.15, -0.1) is 0 Å². The Morgan fingerprint density at radius 3 is 2.44 bits per heavy atom. The van der Waals surface area contributed by atoms with Crippen molar-refractivity contribution in [2.75, 3.05) is 6.54 Å².